The van der Waals surface area contributed by atoms with Crippen molar-refractivity contribution < 1.29 is 4.79 Å². The molecule has 0 saturated carbocycles. The molecule has 2 N–H and O–H groups in total. The Labute approximate surface area is 158 Å². The molecule has 138 valence electrons. The summed E-state index contributed by atoms with van der Waals surface area (Å²) in [7, 11) is 0. The lowest BCUT2D eigenvalue weighted by Crippen LogP contribution is -2.33. The summed E-state index contributed by atoms with van der Waals surface area (Å²) in [6, 6.07) is 4.00. The largest absolute Gasteiger partial charge is 0.347 e. The van der Waals surface area contributed by atoms with Crippen LogP contribution in [-0.2, 0) is 4.79 Å². The molecule has 1 saturated heterocycles. The fourth-order valence-electron chi connectivity index (χ4n) is 3.13. The van der Waals surface area contributed by atoms with Crippen molar-refractivity contribution in [2.24, 2.45) is 11.8 Å². The van der Waals surface area contributed by atoms with E-state index in [0.717, 1.165) is 30.8 Å². The van der Waals surface area contributed by atoms with E-state index in [1.54, 1.807) is 6.20 Å². The van der Waals surface area contributed by atoms with Crippen molar-refractivity contribution in [2.45, 2.75) is 52.5 Å². The minimum atomic E-state index is 0. The standard InChI is InChI=1S/C18H29N3O.2ClH/c1-13(2)17(18-14(3)5-4-10-20-18)21-16(22)7-6-15-8-11-19-12-9-15;;/h4-5,10,13,15,17,19H,6-9,11-12H2,1-3H3,(H,21,22);2*1H. The number of rotatable bonds is 6. The molecule has 24 heavy (non-hydrogen) atoms. The number of amides is 1. The maximum absolute atomic E-state index is 12.3. The number of carbonyl (C=O) groups is 1. The van der Waals surface area contributed by atoms with Gasteiger partial charge in [-0.1, -0.05) is 19.9 Å². The highest BCUT2D eigenvalue weighted by molar-refractivity contribution is 5.85. The van der Waals surface area contributed by atoms with Gasteiger partial charge >= 0.3 is 0 Å². The van der Waals surface area contributed by atoms with E-state index in [2.05, 4.69) is 42.5 Å². The number of aromatic nitrogens is 1. The van der Waals surface area contributed by atoms with Crippen molar-refractivity contribution in [3.8, 4) is 0 Å². The summed E-state index contributed by atoms with van der Waals surface area (Å²) >= 11 is 0. The summed E-state index contributed by atoms with van der Waals surface area (Å²) in [4.78, 5) is 16.8. The Hall–Kier alpha value is -0.840. The molecule has 2 heterocycles. The van der Waals surface area contributed by atoms with Crippen molar-refractivity contribution in [2.75, 3.05) is 13.1 Å². The van der Waals surface area contributed by atoms with Gasteiger partial charge in [0.25, 0.3) is 0 Å². The lowest BCUT2D eigenvalue weighted by molar-refractivity contribution is -0.122. The van der Waals surface area contributed by atoms with Crippen molar-refractivity contribution in [3.05, 3.63) is 29.6 Å². The van der Waals surface area contributed by atoms with Gasteiger partial charge in [0, 0.05) is 12.6 Å². The summed E-state index contributed by atoms with van der Waals surface area (Å²) in [5, 5.41) is 6.56. The van der Waals surface area contributed by atoms with Crippen LogP contribution >= 0.6 is 24.8 Å². The first-order chi connectivity index (χ1) is 10.6. The summed E-state index contributed by atoms with van der Waals surface area (Å²) in [5.74, 6) is 1.18. The van der Waals surface area contributed by atoms with Crippen LogP contribution in [0.4, 0.5) is 0 Å². The Morgan fingerprint density at radius 2 is 2.00 bits per heavy atom. The van der Waals surface area contributed by atoms with Crippen molar-refractivity contribution in [1.29, 1.82) is 0 Å². The Bertz CT molecular complexity index is 491. The lowest BCUT2D eigenvalue weighted by atomic mass is 9.92. The van der Waals surface area contributed by atoms with Gasteiger partial charge in [-0.15, -0.1) is 24.8 Å². The molecule has 1 unspecified atom stereocenters. The van der Waals surface area contributed by atoms with E-state index < -0.39 is 0 Å². The molecule has 0 aromatic carbocycles. The Balaban J connectivity index is 0.00000264. The molecule has 6 heteroatoms. The molecule has 1 atom stereocenters. The van der Waals surface area contributed by atoms with Crippen LogP contribution in [0, 0.1) is 18.8 Å². The summed E-state index contributed by atoms with van der Waals surface area (Å²) in [6.45, 7) is 8.50. The van der Waals surface area contributed by atoms with E-state index in [1.165, 1.54) is 12.8 Å². The van der Waals surface area contributed by atoms with Gasteiger partial charge in [-0.05, 0) is 62.7 Å². The molecule has 1 fully saturated rings. The van der Waals surface area contributed by atoms with E-state index in [1.807, 2.05) is 6.07 Å². The number of nitrogens with zero attached hydrogens (tertiary/aromatic N) is 1. The van der Waals surface area contributed by atoms with E-state index in [9.17, 15) is 4.79 Å². The first-order valence-corrected chi connectivity index (χ1v) is 8.49. The first kappa shape index (κ1) is 23.2. The van der Waals surface area contributed by atoms with Gasteiger partial charge in [0.05, 0.1) is 11.7 Å². The smallest absolute Gasteiger partial charge is 0.220 e. The number of pyridine rings is 1. The second-order valence-corrected chi connectivity index (χ2v) is 6.73. The van der Waals surface area contributed by atoms with E-state index >= 15 is 0 Å². The zero-order valence-electron chi connectivity index (χ0n) is 14.9. The first-order valence-electron chi connectivity index (χ1n) is 8.49. The van der Waals surface area contributed by atoms with Crippen molar-refractivity contribution in [3.63, 3.8) is 0 Å². The van der Waals surface area contributed by atoms with E-state index in [-0.39, 0.29) is 36.8 Å². The Kier molecular flexibility index (Phi) is 11.3. The van der Waals surface area contributed by atoms with E-state index in [4.69, 9.17) is 0 Å². The highest BCUT2D eigenvalue weighted by atomic mass is 35.5. The molecule has 4 nitrogen and oxygen atoms in total. The van der Waals surface area contributed by atoms with Crippen LogP contribution in [-0.4, -0.2) is 24.0 Å². The molecule has 0 spiro atoms. The van der Waals surface area contributed by atoms with Crippen LogP contribution in [0.5, 0.6) is 0 Å². The maximum Gasteiger partial charge on any atom is 0.220 e. The summed E-state index contributed by atoms with van der Waals surface area (Å²) in [5.41, 5.74) is 2.13. The molecule has 0 bridgehead atoms. The number of hydrogen-bond acceptors (Lipinski definition) is 3. The van der Waals surface area contributed by atoms with Crippen molar-refractivity contribution in [1.82, 2.24) is 15.6 Å². The summed E-state index contributed by atoms with van der Waals surface area (Å²) in [6.07, 6.45) is 5.82. The number of carbonyl (C=O) groups excluding carboxylic acids is 1. The van der Waals surface area contributed by atoms with Crippen LogP contribution in [0.3, 0.4) is 0 Å². The SMILES string of the molecule is Cc1cccnc1C(NC(=O)CCC1CCNCC1)C(C)C.Cl.Cl. The zero-order chi connectivity index (χ0) is 15.9. The average Bonchev–Trinajstić information content (AvgIpc) is 2.52. The third kappa shape index (κ3) is 6.96. The third-order valence-corrected chi connectivity index (χ3v) is 4.57. The van der Waals surface area contributed by atoms with Crippen molar-refractivity contribution >= 4 is 30.7 Å². The second-order valence-electron chi connectivity index (χ2n) is 6.73. The third-order valence-electron chi connectivity index (χ3n) is 4.57. The molecule has 0 radical (unpaired) electrons. The normalized spacial score (nSPS) is 16.0. The molecular formula is C18H31Cl2N3O. The topological polar surface area (TPSA) is 54.0 Å². The van der Waals surface area contributed by atoms with Gasteiger partial charge < -0.3 is 10.6 Å². The Morgan fingerprint density at radius 1 is 1.33 bits per heavy atom. The van der Waals surface area contributed by atoms with Gasteiger partial charge in [-0.25, -0.2) is 0 Å². The quantitative estimate of drug-likeness (QED) is 0.794. The highest BCUT2D eigenvalue weighted by Gasteiger charge is 2.22. The summed E-state index contributed by atoms with van der Waals surface area (Å²) < 4.78 is 0. The molecule has 1 aromatic heterocycles. The van der Waals surface area contributed by atoms with Crippen LogP contribution in [0.15, 0.2) is 18.3 Å². The average molecular weight is 376 g/mol. The maximum atomic E-state index is 12.3. The number of nitrogens with one attached hydrogen (secondary N) is 2. The predicted molar refractivity (Wildman–Crippen MR) is 104 cm³/mol. The molecule has 1 aliphatic heterocycles. The van der Waals surface area contributed by atoms with Gasteiger partial charge in [0.2, 0.25) is 5.91 Å². The minimum Gasteiger partial charge on any atom is -0.347 e. The number of hydrogen-bond donors (Lipinski definition) is 2. The van der Waals surface area contributed by atoms with Gasteiger partial charge in [-0.2, -0.15) is 0 Å². The second kappa shape index (κ2) is 11.7. The molecular weight excluding hydrogens is 345 g/mol. The minimum absolute atomic E-state index is 0. The molecule has 1 aromatic rings. The highest BCUT2D eigenvalue weighted by Crippen LogP contribution is 2.23. The van der Waals surface area contributed by atoms with Gasteiger partial charge in [-0.3, -0.25) is 9.78 Å². The van der Waals surface area contributed by atoms with Crippen LogP contribution in [0.25, 0.3) is 0 Å². The van der Waals surface area contributed by atoms with E-state index in [0.29, 0.717) is 18.3 Å². The monoisotopic (exact) mass is 375 g/mol. The fourth-order valence-corrected chi connectivity index (χ4v) is 3.13. The number of halogens is 2. The fraction of sp³-hybridized carbons (Fsp3) is 0.667. The predicted octanol–water partition coefficient (Wildman–Crippen LogP) is 3.83. The van der Waals surface area contributed by atoms with Gasteiger partial charge in [0.15, 0.2) is 0 Å². The number of piperidine rings is 1. The molecule has 2 rings (SSSR count). The van der Waals surface area contributed by atoms with Crippen LogP contribution < -0.4 is 10.6 Å². The number of aryl methyl sites for hydroxylation is 1. The van der Waals surface area contributed by atoms with Gasteiger partial charge in [0.1, 0.15) is 0 Å². The Morgan fingerprint density at radius 3 is 2.58 bits per heavy atom. The lowest BCUT2D eigenvalue weighted by Gasteiger charge is -2.25. The molecule has 1 amide bonds. The molecule has 1 aliphatic rings. The van der Waals surface area contributed by atoms with Crippen LogP contribution in [0.2, 0.25) is 0 Å². The molecule has 0 aliphatic carbocycles. The zero-order valence-corrected chi connectivity index (χ0v) is 16.5. The van der Waals surface area contributed by atoms with Crippen LogP contribution in [0.1, 0.15) is 56.8 Å².